The van der Waals surface area contributed by atoms with E-state index in [2.05, 4.69) is 17.0 Å². The molecule has 0 spiro atoms. The van der Waals surface area contributed by atoms with Crippen molar-refractivity contribution < 1.29 is 9.59 Å². The molecule has 1 aliphatic heterocycles. The largest absolute Gasteiger partial charge is 0.343 e. The number of hydrogen-bond donors (Lipinski definition) is 1. The Morgan fingerprint density at radius 1 is 1.08 bits per heavy atom. The lowest BCUT2D eigenvalue weighted by Crippen LogP contribution is -2.45. The fraction of sp³-hybridized carbons (Fsp3) is 0.600. The average Bonchev–Trinajstić information content (AvgIpc) is 3.49. The molecule has 2 amide bonds. The normalized spacial score (nSPS) is 17.5. The van der Waals surface area contributed by atoms with Crippen LogP contribution in [0.4, 0.5) is 0 Å². The molecule has 144 valence electrons. The molecule has 2 aliphatic rings. The highest BCUT2D eigenvalue weighted by Crippen LogP contribution is 2.32. The molecule has 2 fully saturated rings. The molecule has 0 atom stereocenters. The molecule has 26 heavy (non-hydrogen) atoms. The number of carbonyl (C=O) groups is 2. The fourth-order valence-electron chi connectivity index (χ4n) is 3.58. The Bertz CT molecular complexity index is 584. The number of benzene rings is 1. The summed E-state index contributed by atoms with van der Waals surface area (Å²) < 4.78 is 0. The molecule has 1 aromatic rings. The van der Waals surface area contributed by atoms with Crippen molar-refractivity contribution in [2.24, 2.45) is 11.7 Å². The molecule has 0 bridgehead atoms. The first-order chi connectivity index (χ1) is 12.2. The van der Waals surface area contributed by atoms with Crippen LogP contribution in [-0.4, -0.2) is 47.3 Å². The number of amides is 2. The molecule has 2 N–H and O–H groups in total. The van der Waals surface area contributed by atoms with Crippen molar-refractivity contribution >= 4 is 24.2 Å². The summed E-state index contributed by atoms with van der Waals surface area (Å²) in [7, 11) is 0. The third-order valence-electron chi connectivity index (χ3n) is 5.26. The predicted molar refractivity (Wildman–Crippen MR) is 105 cm³/mol. The van der Waals surface area contributed by atoms with Crippen molar-refractivity contribution in [1.82, 2.24) is 9.80 Å². The summed E-state index contributed by atoms with van der Waals surface area (Å²) >= 11 is 0. The van der Waals surface area contributed by atoms with Crippen LogP contribution in [0, 0.1) is 5.92 Å². The summed E-state index contributed by atoms with van der Waals surface area (Å²) in [6, 6.07) is 10.6. The zero-order chi connectivity index (χ0) is 17.6. The van der Waals surface area contributed by atoms with E-state index in [-0.39, 0.29) is 30.1 Å². The number of likely N-dealkylation sites (tertiary alicyclic amines) is 1. The van der Waals surface area contributed by atoms with Crippen molar-refractivity contribution in [1.29, 1.82) is 0 Å². The molecule has 0 radical (unpaired) electrons. The van der Waals surface area contributed by atoms with E-state index in [0.29, 0.717) is 38.6 Å². The van der Waals surface area contributed by atoms with Gasteiger partial charge in [-0.15, -0.1) is 12.4 Å². The van der Waals surface area contributed by atoms with Gasteiger partial charge in [0.2, 0.25) is 11.8 Å². The highest BCUT2D eigenvalue weighted by molar-refractivity contribution is 5.85. The van der Waals surface area contributed by atoms with Gasteiger partial charge in [0, 0.05) is 38.0 Å². The number of hydrogen-bond acceptors (Lipinski definition) is 3. The van der Waals surface area contributed by atoms with Gasteiger partial charge >= 0.3 is 0 Å². The van der Waals surface area contributed by atoms with E-state index in [4.69, 9.17) is 5.73 Å². The minimum absolute atomic E-state index is 0. The van der Waals surface area contributed by atoms with Crippen LogP contribution in [0.25, 0.3) is 0 Å². The van der Waals surface area contributed by atoms with Gasteiger partial charge in [-0.2, -0.15) is 0 Å². The maximum absolute atomic E-state index is 13.0. The first-order valence-corrected chi connectivity index (χ1v) is 9.51. The monoisotopic (exact) mass is 379 g/mol. The first kappa shape index (κ1) is 20.7. The van der Waals surface area contributed by atoms with Crippen LogP contribution in [-0.2, 0) is 16.1 Å². The Morgan fingerprint density at radius 2 is 1.73 bits per heavy atom. The highest BCUT2D eigenvalue weighted by Gasteiger charge is 2.37. The van der Waals surface area contributed by atoms with Gasteiger partial charge in [0.15, 0.2) is 0 Å². The second kappa shape index (κ2) is 9.93. The maximum Gasteiger partial charge on any atom is 0.226 e. The molecule has 1 heterocycles. The number of piperidine rings is 1. The van der Waals surface area contributed by atoms with Crippen molar-refractivity contribution in [3.05, 3.63) is 35.9 Å². The Labute approximate surface area is 162 Å². The van der Waals surface area contributed by atoms with Crippen LogP contribution in [0.3, 0.4) is 0 Å². The Kier molecular flexibility index (Phi) is 7.91. The number of nitrogens with zero attached hydrogens (tertiary/aromatic N) is 2. The number of halogens is 1. The SMILES string of the molecule is Cl.NCCCC(=O)N1CCC(C(=O)N(Cc2ccccc2)C2CC2)CC1. The minimum Gasteiger partial charge on any atom is -0.343 e. The van der Waals surface area contributed by atoms with Crippen molar-refractivity contribution in [2.45, 2.75) is 51.1 Å². The minimum atomic E-state index is 0. The van der Waals surface area contributed by atoms with Crippen LogP contribution >= 0.6 is 12.4 Å². The van der Waals surface area contributed by atoms with Gasteiger partial charge in [-0.25, -0.2) is 0 Å². The first-order valence-electron chi connectivity index (χ1n) is 9.51. The van der Waals surface area contributed by atoms with E-state index in [1.165, 1.54) is 5.56 Å². The number of carbonyl (C=O) groups excluding carboxylic acids is 2. The van der Waals surface area contributed by atoms with E-state index in [0.717, 1.165) is 32.1 Å². The zero-order valence-electron chi connectivity index (χ0n) is 15.3. The summed E-state index contributed by atoms with van der Waals surface area (Å²) in [5.41, 5.74) is 6.67. The predicted octanol–water partition coefficient (Wildman–Crippen LogP) is 2.58. The standard InChI is InChI=1S/C20H29N3O2.ClH/c21-12-4-7-19(24)22-13-10-17(11-14-22)20(25)23(18-8-9-18)15-16-5-2-1-3-6-16;/h1-3,5-6,17-18H,4,7-15,21H2;1H. The van der Waals surface area contributed by atoms with Gasteiger partial charge in [-0.05, 0) is 44.2 Å². The van der Waals surface area contributed by atoms with Crippen LogP contribution in [0.1, 0.15) is 44.1 Å². The second-order valence-electron chi connectivity index (χ2n) is 7.23. The summed E-state index contributed by atoms with van der Waals surface area (Å²) in [5, 5.41) is 0. The molecule has 3 rings (SSSR count). The number of rotatable bonds is 7. The van der Waals surface area contributed by atoms with E-state index in [1.807, 2.05) is 23.1 Å². The summed E-state index contributed by atoms with van der Waals surface area (Å²) in [5.74, 6) is 0.517. The molecule has 5 nitrogen and oxygen atoms in total. The van der Waals surface area contributed by atoms with E-state index >= 15 is 0 Å². The van der Waals surface area contributed by atoms with Gasteiger partial charge in [0.1, 0.15) is 0 Å². The smallest absolute Gasteiger partial charge is 0.226 e. The van der Waals surface area contributed by atoms with E-state index in [1.54, 1.807) is 0 Å². The van der Waals surface area contributed by atoms with Gasteiger partial charge < -0.3 is 15.5 Å². The molecule has 6 heteroatoms. The quantitative estimate of drug-likeness (QED) is 0.791. The third kappa shape index (κ3) is 5.45. The highest BCUT2D eigenvalue weighted by atomic mass is 35.5. The van der Waals surface area contributed by atoms with E-state index in [9.17, 15) is 9.59 Å². The Balaban J connectivity index is 0.00000243. The Hall–Kier alpha value is -1.59. The van der Waals surface area contributed by atoms with Gasteiger partial charge in [0.25, 0.3) is 0 Å². The summed E-state index contributed by atoms with van der Waals surface area (Å²) in [6.07, 6.45) is 5.07. The molecule has 1 saturated heterocycles. The number of nitrogens with two attached hydrogens (primary N) is 1. The summed E-state index contributed by atoms with van der Waals surface area (Å²) in [4.78, 5) is 29.1. The lowest BCUT2D eigenvalue weighted by atomic mass is 9.94. The second-order valence-corrected chi connectivity index (χ2v) is 7.23. The van der Waals surface area contributed by atoms with Crippen LogP contribution < -0.4 is 5.73 Å². The molecule has 0 aromatic heterocycles. The lowest BCUT2D eigenvalue weighted by molar-refractivity contribution is -0.141. The maximum atomic E-state index is 13.0. The molecule has 1 aromatic carbocycles. The van der Waals surface area contributed by atoms with Crippen LogP contribution in [0.2, 0.25) is 0 Å². The molecule has 0 unspecified atom stereocenters. The van der Waals surface area contributed by atoms with Gasteiger partial charge in [-0.1, -0.05) is 30.3 Å². The van der Waals surface area contributed by atoms with Crippen molar-refractivity contribution in [3.8, 4) is 0 Å². The van der Waals surface area contributed by atoms with Crippen LogP contribution in [0.15, 0.2) is 30.3 Å². The average molecular weight is 380 g/mol. The molecular formula is C20H30ClN3O2. The Morgan fingerprint density at radius 3 is 2.31 bits per heavy atom. The van der Waals surface area contributed by atoms with Gasteiger partial charge in [0.05, 0.1) is 0 Å². The third-order valence-corrected chi connectivity index (χ3v) is 5.26. The van der Waals surface area contributed by atoms with E-state index < -0.39 is 0 Å². The molecule has 1 saturated carbocycles. The van der Waals surface area contributed by atoms with Crippen molar-refractivity contribution in [3.63, 3.8) is 0 Å². The summed E-state index contributed by atoms with van der Waals surface area (Å²) in [6.45, 7) is 2.66. The molecular weight excluding hydrogens is 350 g/mol. The topological polar surface area (TPSA) is 66.6 Å². The van der Waals surface area contributed by atoms with Gasteiger partial charge in [-0.3, -0.25) is 9.59 Å². The molecule has 1 aliphatic carbocycles. The fourth-order valence-corrected chi connectivity index (χ4v) is 3.58. The lowest BCUT2D eigenvalue weighted by Gasteiger charge is -2.34. The zero-order valence-corrected chi connectivity index (χ0v) is 16.1. The van der Waals surface area contributed by atoms with Crippen molar-refractivity contribution in [2.75, 3.05) is 19.6 Å². The van der Waals surface area contributed by atoms with Crippen LogP contribution in [0.5, 0.6) is 0 Å².